The van der Waals surface area contributed by atoms with Crippen molar-refractivity contribution in [3.63, 3.8) is 0 Å². The first-order chi connectivity index (χ1) is 9.58. The highest BCUT2D eigenvalue weighted by atomic mass is 79.9. The van der Waals surface area contributed by atoms with Crippen LogP contribution in [0.5, 0.6) is 0 Å². The Balaban J connectivity index is 0.00000220. The van der Waals surface area contributed by atoms with Gasteiger partial charge in [-0.15, -0.1) is 12.4 Å². The fourth-order valence-electron chi connectivity index (χ4n) is 2.91. The quantitative estimate of drug-likeness (QED) is 0.828. The van der Waals surface area contributed by atoms with E-state index in [0.29, 0.717) is 12.6 Å². The van der Waals surface area contributed by atoms with E-state index in [2.05, 4.69) is 45.6 Å². The monoisotopic (exact) mass is 374 g/mol. The van der Waals surface area contributed by atoms with E-state index in [9.17, 15) is 4.79 Å². The lowest BCUT2D eigenvalue weighted by molar-refractivity contribution is -0.126. The molecule has 0 spiro atoms. The molecule has 0 aliphatic heterocycles. The Morgan fingerprint density at radius 2 is 1.86 bits per heavy atom. The van der Waals surface area contributed by atoms with E-state index in [1.54, 1.807) is 0 Å². The molecule has 0 radical (unpaired) electrons. The van der Waals surface area contributed by atoms with Crippen molar-refractivity contribution >= 4 is 34.2 Å². The van der Waals surface area contributed by atoms with Gasteiger partial charge in [0.05, 0.1) is 5.41 Å². The van der Waals surface area contributed by atoms with Crippen LogP contribution in [0.4, 0.5) is 0 Å². The molecule has 0 bridgehead atoms. The number of carbonyl (C=O) groups is 1. The zero-order chi connectivity index (χ0) is 14.6. The zero-order valence-electron chi connectivity index (χ0n) is 12.6. The van der Waals surface area contributed by atoms with Crippen LogP contribution in [-0.4, -0.2) is 25.5 Å². The molecule has 1 aromatic carbocycles. The number of nitrogens with one attached hydrogen (secondary N) is 2. The molecule has 1 aliphatic carbocycles. The molecule has 1 unspecified atom stereocenters. The van der Waals surface area contributed by atoms with Gasteiger partial charge in [0.2, 0.25) is 5.91 Å². The molecule has 1 amide bonds. The van der Waals surface area contributed by atoms with Crippen molar-refractivity contribution in [3.05, 3.63) is 34.3 Å². The summed E-state index contributed by atoms with van der Waals surface area (Å²) in [5, 5.41) is 6.27. The molecule has 118 valence electrons. The van der Waals surface area contributed by atoms with Crippen LogP contribution in [0.3, 0.4) is 0 Å². The minimum Gasteiger partial charge on any atom is -0.354 e. The normalized spacial score (nSPS) is 17.9. The first kappa shape index (κ1) is 18.5. The van der Waals surface area contributed by atoms with E-state index in [1.165, 1.54) is 0 Å². The van der Waals surface area contributed by atoms with Crippen molar-refractivity contribution in [1.82, 2.24) is 10.6 Å². The number of likely N-dealkylation sites (N-methyl/N-ethyl adjacent to an activating group) is 1. The molecule has 0 heterocycles. The maximum Gasteiger partial charge on any atom is 0.230 e. The van der Waals surface area contributed by atoms with Gasteiger partial charge in [-0.3, -0.25) is 4.79 Å². The minimum atomic E-state index is -0.325. The molecule has 0 aromatic heterocycles. The number of carbonyl (C=O) groups excluding carboxylic acids is 1. The molecular weight excluding hydrogens is 352 g/mol. The Kier molecular flexibility index (Phi) is 7.17. The van der Waals surface area contributed by atoms with Crippen molar-refractivity contribution in [3.8, 4) is 0 Å². The lowest BCUT2D eigenvalue weighted by Crippen LogP contribution is -2.46. The highest BCUT2D eigenvalue weighted by Crippen LogP contribution is 2.41. The van der Waals surface area contributed by atoms with Gasteiger partial charge in [0.25, 0.3) is 0 Å². The average molecular weight is 376 g/mol. The summed E-state index contributed by atoms with van der Waals surface area (Å²) >= 11 is 3.46. The van der Waals surface area contributed by atoms with Gasteiger partial charge >= 0.3 is 0 Å². The highest BCUT2D eigenvalue weighted by Gasteiger charge is 2.42. The smallest absolute Gasteiger partial charge is 0.230 e. The van der Waals surface area contributed by atoms with Crippen LogP contribution in [0.2, 0.25) is 0 Å². The molecule has 21 heavy (non-hydrogen) atoms. The van der Waals surface area contributed by atoms with Crippen LogP contribution in [-0.2, 0) is 10.2 Å². The molecule has 0 saturated heterocycles. The standard InChI is InChI=1S/C16H23BrN2O.ClH/c1-12(18-2)11-19-15(20)16(9-3-4-10-16)13-5-7-14(17)8-6-13;/h5-8,12,18H,3-4,9-11H2,1-2H3,(H,19,20);1H. The summed E-state index contributed by atoms with van der Waals surface area (Å²) in [4.78, 5) is 12.7. The van der Waals surface area contributed by atoms with E-state index in [0.717, 1.165) is 35.7 Å². The molecular formula is C16H24BrClN2O. The molecule has 1 aromatic rings. The van der Waals surface area contributed by atoms with E-state index >= 15 is 0 Å². The zero-order valence-corrected chi connectivity index (χ0v) is 15.0. The lowest BCUT2D eigenvalue weighted by Gasteiger charge is -2.29. The van der Waals surface area contributed by atoms with Crippen molar-refractivity contribution in [1.29, 1.82) is 0 Å². The first-order valence-electron chi connectivity index (χ1n) is 7.30. The first-order valence-corrected chi connectivity index (χ1v) is 8.09. The number of hydrogen-bond acceptors (Lipinski definition) is 2. The molecule has 1 fully saturated rings. The maximum atomic E-state index is 12.7. The summed E-state index contributed by atoms with van der Waals surface area (Å²) in [6, 6.07) is 8.51. The van der Waals surface area contributed by atoms with Gasteiger partial charge in [0.15, 0.2) is 0 Å². The maximum absolute atomic E-state index is 12.7. The second-order valence-electron chi connectivity index (χ2n) is 5.70. The third-order valence-corrected chi connectivity index (χ3v) is 4.88. The highest BCUT2D eigenvalue weighted by molar-refractivity contribution is 9.10. The van der Waals surface area contributed by atoms with Gasteiger partial charge in [0.1, 0.15) is 0 Å². The van der Waals surface area contributed by atoms with Crippen LogP contribution in [0.25, 0.3) is 0 Å². The molecule has 2 rings (SSSR count). The molecule has 1 saturated carbocycles. The van der Waals surface area contributed by atoms with Crippen LogP contribution in [0, 0.1) is 0 Å². The molecule has 1 aliphatic rings. The van der Waals surface area contributed by atoms with Crippen molar-refractivity contribution in [2.75, 3.05) is 13.6 Å². The number of benzene rings is 1. The second-order valence-corrected chi connectivity index (χ2v) is 6.61. The van der Waals surface area contributed by atoms with Crippen molar-refractivity contribution in [2.45, 2.75) is 44.1 Å². The number of amides is 1. The summed E-state index contributed by atoms with van der Waals surface area (Å²) in [6.45, 7) is 2.74. The van der Waals surface area contributed by atoms with E-state index in [-0.39, 0.29) is 23.7 Å². The Morgan fingerprint density at radius 3 is 2.38 bits per heavy atom. The lowest BCUT2D eigenvalue weighted by atomic mass is 9.78. The van der Waals surface area contributed by atoms with Gasteiger partial charge in [-0.1, -0.05) is 40.9 Å². The third-order valence-electron chi connectivity index (χ3n) is 4.35. The Labute approximate surface area is 141 Å². The summed E-state index contributed by atoms with van der Waals surface area (Å²) in [5.74, 6) is 0.180. The van der Waals surface area contributed by atoms with Crippen LogP contribution in [0.1, 0.15) is 38.2 Å². The largest absolute Gasteiger partial charge is 0.354 e. The molecule has 5 heteroatoms. The van der Waals surface area contributed by atoms with Crippen molar-refractivity contribution < 1.29 is 4.79 Å². The fourth-order valence-corrected chi connectivity index (χ4v) is 3.18. The molecule has 1 atom stereocenters. The van der Waals surface area contributed by atoms with Gasteiger partial charge in [0, 0.05) is 17.1 Å². The van der Waals surface area contributed by atoms with Gasteiger partial charge < -0.3 is 10.6 Å². The Hall–Kier alpha value is -0.580. The minimum absolute atomic E-state index is 0. The third kappa shape index (κ3) is 4.21. The van der Waals surface area contributed by atoms with Gasteiger partial charge in [-0.2, -0.15) is 0 Å². The second kappa shape index (κ2) is 8.16. The van der Waals surface area contributed by atoms with E-state index in [4.69, 9.17) is 0 Å². The predicted octanol–water partition coefficient (Wildman–Crippen LogP) is 3.41. The summed E-state index contributed by atoms with van der Waals surface area (Å²) in [7, 11) is 1.91. The van der Waals surface area contributed by atoms with Gasteiger partial charge in [-0.25, -0.2) is 0 Å². The molecule has 2 N–H and O–H groups in total. The Bertz CT molecular complexity index is 458. The number of hydrogen-bond donors (Lipinski definition) is 2. The van der Waals surface area contributed by atoms with Gasteiger partial charge in [-0.05, 0) is 44.5 Å². The van der Waals surface area contributed by atoms with E-state index in [1.807, 2.05) is 19.2 Å². The summed E-state index contributed by atoms with van der Waals surface area (Å²) in [6.07, 6.45) is 4.17. The predicted molar refractivity (Wildman–Crippen MR) is 93.1 cm³/mol. The van der Waals surface area contributed by atoms with Crippen LogP contribution in [0.15, 0.2) is 28.7 Å². The van der Waals surface area contributed by atoms with E-state index < -0.39 is 0 Å². The Morgan fingerprint density at radius 1 is 1.29 bits per heavy atom. The average Bonchev–Trinajstić information content (AvgIpc) is 2.95. The number of halogens is 2. The summed E-state index contributed by atoms with van der Waals surface area (Å²) < 4.78 is 1.05. The number of rotatable bonds is 5. The SMILES string of the molecule is CNC(C)CNC(=O)C1(c2ccc(Br)cc2)CCCC1.Cl. The molecule has 3 nitrogen and oxygen atoms in total. The van der Waals surface area contributed by atoms with Crippen molar-refractivity contribution in [2.24, 2.45) is 0 Å². The summed E-state index contributed by atoms with van der Waals surface area (Å²) in [5.41, 5.74) is 0.821. The van der Waals surface area contributed by atoms with Crippen LogP contribution < -0.4 is 10.6 Å². The fraction of sp³-hybridized carbons (Fsp3) is 0.562. The topological polar surface area (TPSA) is 41.1 Å². The van der Waals surface area contributed by atoms with Crippen LogP contribution >= 0.6 is 28.3 Å².